The van der Waals surface area contributed by atoms with E-state index in [4.69, 9.17) is 0 Å². The summed E-state index contributed by atoms with van der Waals surface area (Å²) in [4.78, 5) is 21.8. The highest BCUT2D eigenvalue weighted by molar-refractivity contribution is 5.95. The maximum Gasteiger partial charge on any atom is 0.310 e. The molecule has 1 rings (SSSR count). The topological polar surface area (TPSA) is 92.5 Å². The summed E-state index contributed by atoms with van der Waals surface area (Å²) in [7, 11) is 0. The van der Waals surface area contributed by atoms with E-state index in [0.29, 0.717) is 0 Å². The Balaban J connectivity index is 2.90. The number of aromatic hydroxyl groups is 1. The second kappa shape index (κ2) is 5.69. The molecule has 1 aromatic rings. The summed E-state index contributed by atoms with van der Waals surface area (Å²) < 4.78 is 0. The Hall–Kier alpha value is -2.11. The molecule has 19 heavy (non-hydrogen) atoms. The second-order valence-corrected chi connectivity index (χ2v) is 5.05. The van der Waals surface area contributed by atoms with Crippen molar-refractivity contribution in [3.8, 4) is 5.75 Å². The van der Waals surface area contributed by atoms with E-state index in [1.165, 1.54) is 6.07 Å². The van der Waals surface area contributed by atoms with Crippen molar-refractivity contribution in [1.82, 2.24) is 5.32 Å². The number of phenols is 1. The molecule has 104 valence electrons. The van der Waals surface area contributed by atoms with Crippen molar-refractivity contribution in [3.63, 3.8) is 0 Å². The van der Waals surface area contributed by atoms with Crippen LogP contribution in [0.4, 0.5) is 5.69 Å². The van der Waals surface area contributed by atoms with Gasteiger partial charge in [-0.3, -0.25) is 14.9 Å². The zero-order valence-electron chi connectivity index (χ0n) is 11.3. The SMILES string of the molecule is CCCC(C)(C)NC(=O)c1ccc([N+](=O)[O-])c(O)c1. The molecule has 0 heterocycles. The average molecular weight is 266 g/mol. The third-order valence-electron chi connectivity index (χ3n) is 2.76. The molecular formula is C13H18N2O4. The molecule has 0 radical (unpaired) electrons. The number of rotatable bonds is 5. The summed E-state index contributed by atoms with van der Waals surface area (Å²) in [6.07, 6.45) is 1.75. The number of carbonyl (C=O) groups excluding carboxylic acids is 1. The summed E-state index contributed by atoms with van der Waals surface area (Å²) in [5.41, 5.74) is -0.569. The molecule has 0 spiro atoms. The number of nitro groups is 1. The van der Waals surface area contributed by atoms with Crippen LogP contribution in [0.25, 0.3) is 0 Å². The highest BCUT2D eigenvalue weighted by Gasteiger charge is 2.22. The summed E-state index contributed by atoms with van der Waals surface area (Å²) in [6, 6.07) is 3.56. The van der Waals surface area contributed by atoms with Crippen LogP contribution in [0.2, 0.25) is 0 Å². The minimum atomic E-state index is -0.696. The summed E-state index contributed by atoms with van der Waals surface area (Å²) in [6.45, 7) is 5.82. The molecule has 0 atom stereocenters. The highest BCUT2D eigenvalue weighted by atomic mass is 16.6. The molecule has 0 fully saturated rings. The molecule has 6 nitrogen and oxygen atoms in total. The van der Waals surface area contributed by atoms with Gasteiger partial charge >= 0.3 is 5.69 Å². The van der Waals surface area contributed by atoms with Gasteiger partial charge in [-0.2, -0.15) is 0 Å². The van der Waals surface area contributed by atoms with Crippen molar-refractivity contribution >= 4 is 11.6 Å². The quantitative estimate of drug-likeness (QED) is 0.632. The Morgan fingerprint density at radius 1 is 1.47 bits per heavy atom. The summed E-state index contributed by atoms with van der Waals surface area (Å²) >= 11 is 0. The van der Waals surface area contributed by atoms with Gasteiger partial charge in [0, 0.05) is 17.2 Å². The van der Waals surface area contributed by atoms with Crippen LogP contribution in [0.3, 0.4) is 0 Å². The van der Waals surface area contributed by atoms with Crippen LogP contribution < -0.4 is 5.32 Å². The molecule has 0 unspecified atom stereocenters. The van der Waals surface area contributed by atoms with Crippen molar-refractivity contribution in [2.45, 2.75) is 39.2 Å². The third-order valence-corrected chi connectivity index (χ3v) is 2.76. The highest BCUT2D eigenvalue weighted by Crippen LogP contribution is 2.26. The number of nitrogens with zero attached hydrogens (tertiary/aromatic N) is 1. The number of phenolic OH excluding ortho intramolecular Hbond substituents is 1. The van der Waals surface area contributed by atoms with E-state index < -0.39 is 16.4 Å². The van der Waals surface area contributed by atoms with Crippen LogP contribution in [-0.2, 0) is 0 Å². The standard InChI is InChI=1S/C13H18N2O4/c1-4-7-13(2,3)14-12(17)9-5-6-10(15(18)19)11(16)8-9/h5-6,8,16H,4,7H2,1-3H3,(H,14,17). The number of hydrogen-bond acceptors (Lipinski definition) is 4. The second-order valence-electron chi connectivity index (χ2n) is 5.05. The van der Waals surface area contributed by atoms with Gasteiger partial charge in [-0.05, 0) is 32.4 Å². The van der Waals surface area contributed by atoms with E-state index in [0.717, 1.165) is 25.0 Å². The zero-order valence-corrected chi connectivity index (χ0v) is 11.3. The van der Waals surface area contributed by atoms with Crippen LogP contribution >= 0.6 is 0 Å². The minimum Gasteiger partial charge on any atom is -0.502 e. The van der Waals surface area contributed by atoms with Gasteiger partial charge in [-0.25, -0.2) is 0 Å². The fourth-order valence-electron chi connectivity index (χ4n) is 1.89. The first-order chi connectivity index (χ1) is 8.76. The Bertz CT molecular complexity index is 497. The Labute approximate surface area is 111 Å². The van der Waals surface area contributed by atoms with Gasteiger partial charge in [0.1, 0.15) is 0 Å². The first-order valence-electron chi connectivity index (χ1n) is 6.07. The molecule has 1 aromatic carbocycles. The van der Waals surface area contributed by atoms with Gasteiger partial charge in [-0.15, -0.1) is 0 Å². The predicted octanol–water partition coefficient (Wildman–Crippen LogP) is 2.61. The lowest BCUT2D eigenvalue weighted by Gasteiger charge is -2.25. The van der Waals surface area contributed by atoms with Crippen LogP contribution in [-0.4, -0.2) is 21.5 Å². The van der Waals surface area contributed by atoms with Gasteiger partial charge < -0.3 is 10.4 Å². The smallest absolute Gasteiger partial charge is 0.310 e. The predicted molar refractivity (Wildman–Crippen MR) is 71.2 cm³/mol. The van der Waals surface area contributed by atoms with Gasteiger partial charge in [-0.1, -0.05) is 13.3 Å². The summed E-state index contributed by atoms with van der Waals surface area (Å²) in [5.74, 6) is -0.866. The lowest BCUT2D eigenvalue weighted by molar-refractivity contribution is -0.385. The molecule has 6 heteroatoms. The summed E-state index contributed by atoms with van der Waals surface area (Å²) in [5, 5.41) is 22.9. The minimum absolute atomic E-state index is 0.201. The van der Waals surface area contributed by atoms with Crippen molar-refractivity contribution in [2.24, 2.45) is 0 Å². The van der Waals surface area contributed by atoms with E-state index in [1.807, 2.05) is 20.8 Å². The maximum atomic E-state index is 12.0. The molecule has 0 aliphatic heterocycles. The Kier molecular flexibility index (Phi) is 4.47. The van der Waals surface area contributed by atoms with E-state index in [2.05, 4.69) is 5.32 Å². The molecule has 0 aliphatic rings. The monoisotopic (exact) mass is 266 g/mol. The van der Waals surface area contributed by atoms with Crippen molar-refractivity contribution in [1.29, 1.82) is 0 Å². The largest absolute Gasteiger partial charge is 0.502 e. The maximum absolute atomic E-state index is 12.0. The molecular weight excluding hydrogens is 248 g/mol. The van der Waals surface area contributed by atoms with Crippen LogP contribution in [0, 0.1) is 10.1 Å². The molecule has 1 amide bonds. The van der Waals surface area contributed by atoms with Crippen LogP contribution in [0.1, 0.15) is 44.0 Å². The normalized spacial score (nSPS) is 11.1. The number of benzene rings is 1. The fraction of sp³-hybridized carbons (Fsp3) is 0.462. The molecule has 0 bridgehead atoms. The van der Waals surface area contributed by atoms with Crippen LogP contribution in [0.5, 0.6) is 5.75 Å². The van der Waals surface area contributed by atoms with Crippen molar-refractivity contribution in [2.75, 3.05) is 0 Å². The molecule has 0 saturated carbocycles. The first-order valence-corrected chi connectivity index (χ1v) is 6.07. The number of amides is 1. The van der Waals surface area contributed by atoms with E-state index in [-0.39, 0.29) is 17.0 Å². The van der Waals surface area contributed by atoms with Crippen molar-refractivity contribution < 1.29 is 14.8 Å². The Morgan fingerprint density at radius 3 is 2.58 bits per heavy atom. The first kappa shape index (κ1) is 14.9. The lowest BCUT2D eigenvalue weighted by atomic mass is 9.98. The van der Waals surface area contributed by atoms with Gasteiger partial charge in [0.15, 0.2) is 5.75 Å². The van der Waals surface area contributed by atoms with E-state index in [1.54, 1.807) is 0 Å². The van der Waals surface area contributed by atoms with Gasteiger partial charge in [0.2, 0.25) is 0 Å². The van der Waals surface area contributed by atoms with Gasteiger partial charge in [0.25, 0.3) is 5.91 Å². The fourth-order valence-corrected chi connectivity index (χ4v) is 1.89. The molecule has 0 aromatic heterocycles. The van der Waals surface area contributed by atoms with Crippen LogP contribution in [0.15, 0.2) is 18.2 Å². The van der Waals surface area contributed by atoms with Gasteiger partial charge in [0.05, 0.1) is 4.92 Å². The van der Waals surface area contributed by atoms with Crippen molar-refractivity contribution in [3.05, 3.63) is 33.9 Å². The Morgan fingerprint density at radius 2 is 2.11 bits per heavy atom. The van der Waals surface area contributed by atoms with E-state index >= 15 is 0 Å². The average Bonchev–Trinajstić information content (AvgIpc) is 2.27. The number of nitrogens with one attached hydrogen (secondary N) is 1. The number of nitro benzene ring substituents is 1. The lowest BCUT2D eigenvalue weighted by Crippen LogP contribution is -2.43. The third kappa shape index (κ3) is 3.94. The molecule has 2 N–H and O–H groups in total. The van der Waals surface area contributed by atoms with E-state index in [9.17, 15) is 20.0 Å². The molecule has 0 aliphatic carbocycles. The zero-order chi connectivity index (χ0) is 14.6. The number of hydrogen-bond donors (Lipinski definition) is 2. The molecule has 0 saturated heterocycles. The number of carbonyl (C=O) groups is 1.